The zero-order valence-corrected chi connectivity index (χ0v) is 10.8. The Labute approximate surface area is 96.7 Å². The Morgan fingerprint density at radius 1 is 1.40 bits per heavy atom. The van der Waals surface area contributed by atoms with E-state index in [1.54, 1.807) is 0 Å². The Morgan fingerprint density at radius 3 is 2.67 bits per heavy atom. The maximum absolute atomic E-state index is 5.96. The Balaban J connectivity index is 2.66. The van der Waals surface area contributed by atoms with Crippen molar-refractivity contribution in [2.45, 2.75) is 33.4 Å². The quantitative estimate of drug-likeness (QED) is 0.853. The van der Waals surface area contributed by atoms with E-state index < -0.39 is 0 Å². The first-order valence-corrected chi connectivity index (χ1v) is 6.46. The van der Waals surface area contributed by atoms with Gasteiger partial charge in [-0.05, 0) is 36.6 Å². The molecule has 84 valence electrons. The van der Waals surface area contributed by atoms with Gasteiger partial charge in [-0.15, -0.1) is 0 Å². The van der Waals surface area contributed by atoms with Crippen LogP contribution in [-0.4, -0.2) is 10.7 Å². The van der Waals surface area contributed by atoms with E-state index in [1.165, 1.54) is 5.75 Å². The van der Waals surface area contributed by atoms with Gasteiger partial charge in [-0.2, -0.15) is 11.8 Å². The largest absolute Gasteiger partial charge is 0.398 e. The van der Waals surface area contributed by atoms with Gasteiger partial charge in [-0.25, -0.2) is 0 Å². The second-order valence-electron chi connectivity index (χ2n) is 4.34. The van der Waals surface area contributed by atoms with Crippen molar-refractivity contribution in [3.63, 3.8) is 0 Å². The number of thioether (sulfide) groups is 1. The summed E-state index contributed by atoms with van der Waals surface area (Å²) in [5, 5.41) is 0. The van der Waals surface area contributed by atoms with Crippen molar-refractivity contribution in [1.29, 1.82) is 0 Å². The molecule has 0 bridgehead atoms. The number of anilines is 1. The smallest absolute Gasteiger partial charge is 0.0552 e. The van der Waals surface area contributed by atoms with Crippen molar-refractivity contribution in [3.8, 4) is 0 Å². The molecule has 0 aliphatic rings. The number of rotatable bonds is 4. The third-order valence-electron chi connectivity index (χ3n) is 2.37. The van der Waals surface area contributed by atoms with E-state index >= 15 is 0 Å². The molecule has 2 nitrogen and oxygen atoms in total. The minimum atomic E-state index is 0.734. The van der Waals surface area contributed by atoms with Crippen LogP contribution in [0.2, 0.25) is 0 Å². The summed E-state index contributed by atoms with van der Waals surface area (Å²) in [4.78, 5) is 4.43. The van der Waals surface area contributed by atoms with Gasteiger partial charge in [0.15, 0.2) is 0 Å². The van der Waals surface area contributed by atoms with E-state index in [0.29, 0.717) is 0 Å². The molecular weight excluding hydrogens is 204 g/mol. The topological polar surface area (TPSA) is 38.9 Å². The standard InChI is InChI=1S/C12H20N2S/c1-8(2)6-15-7-11-10(4)12(13)9(3)5-14-11/h5,8H,6-7H2,1-4H3,(H2,13,14). The summed E-state index contributed by atoms with van der Waals surface area (Å²) in [7, 11) is 0. The van der Waals surface area contributed by atoms with Crippen LogP contribution in [0.5, 0.6) is 0 Å². The molecule has 1 heterocycles. The summed E-state index contributed by atoms with van der Waals surface area (Å²) >= 11 is 1.93. The molecule has 0 aromatic carbocycles. The molecule has 0 radical (unpaired) electrons. The number of aryl methyl sites for hydroxylation is 1. The lowest BCUT2D eigenvalue weighted by Gasteiger charge is -2.10. The molecule has 0 saturated heterocycles. The molecule has 0 amide bonds. The van der Waals surface area contributed by atoms with Crippen molar-refractivity contribution in [2.24, 2.45) is 5.92 Å². The summed E-state index contributed by atoms with van der Waals surface area (Å²) in [6.07, 6.45) is 1.87. The van der Waals surface area contributed by atoms with E-state index in [9.17, 15) is 0 Å². The highest BCUT2D eigenvalue weighted by molar-refractivity contribution is 7.98. The zero-order valence-electron chi connectivity index (χ0n) is 10.0. The molecular formula is C12H20N2S. The molecule has 3 heteroatoms. The molecule has 1 aromatic rings. The average molecular weight is 224 g/mol. The Hall–Kier alpha value is -0.700. The van der Waals surface area contributed by atoms with Gasteiger partial charge in [0.1, 0.15) is 0 Å². The highest BCUT2D eigenvalue weighted by atomic mass is 32.2. The first kappa shape index (κ1) is 12.4. The first-order valence-electron chi connectivity index (χ1n) is 5.30. The zero-order chi connectivity index (χ0) is 11.4. The second kappa shape index (κ2) is 5.40. The van der Waals surface area contributed by atoms with Crippen LogP contribution in [0.25, 0.3) is 0 Å². The molecule has 0 aliphatic heterocycles. The van der Waals surface area contributed by atoms with Crippen LogP contribution in [0.15, 0.2) is 6.20 Å². The summed E-state index contributed by atoms with van der Waals surface area (Å²) in [5.41, 5.74) is 10.2. The van der Waals surface area contributed by atoms with Gasteiger partial charge in [-0.3, -0.25) is 4.98 Å². The molecule has 0 unspecified atom stereocenters. The van der Waals surface area contributed by atoms with Crippen LogP contribution in [0.4, 0.5) is 5.69 Å². The lowest BCUT2D eigenvalue weighted by molar-refractivity contribution is 0.750. The van der Waals surface area contributed by atoms with Crippen molar-refractivity contribution in [3.05, 3.63) is 23.0 Å². The summed E-state index contributed by atoms with van der Waals surface area (Å²) in [5.74, 6) is 2.88. The van der Waals surface area contributed by atoms with Gasteiger partial charge in [0.05, 0.1) is 5.69 Å². The first-order chi connectivity index (χ1) is 7.02. The summed E-state index contributed by atoms with van der Waals surface area (Å²) < 4.78 is 0. The van der Waals surface area contributed by atoms with E-state index in [0.717, 1.165) is 34.2 Å². The third-order valence-corrected chi connectivity index (χ3v) is 3.75. The fourth-order valence-electron chi connectivity index (χ4n) is 1.33. The molecule has 2 N–H and O–H groups in total. The Kier molecular flexibility index (Phi) is 4.45. The van der Waals surface area contributed by atoms with Crippen LogP contribution >= 0.6 is 11.8 Å². The second-order valence-corrected chi connectivity index (χ2v) is 5.37. The van der Waals surface area contributed by atoms with Gasteiger partial charge in [-0.1, -0.05) is 13.8 Å². The number of aromatic nitrogens is 1. The molecule has 0 fully saturated rings. The third kappa shape index (κ3) is 3.42. The maximum Gasteiger partial charge on any atom is 0.0552 e. The molecule has 15 heavy (non-hydrogen) atoms. The molecule has 1 rings (SSSR count). The van der Waals surface area contributed by atoms with Crippen LogP contribution < -0.4 is 5.73 Å². The average Bonchev–Trinajstić information content (AvgIpc) is 2.18. The maximum atomic E-state index is 5.96. The molecule has 0 aliphatic carbocycles. The number of pyridine rings is 1. The molecule has 0 atom stereocenters. The lowest BCUT2D eigenvalue weighted by Crippen LogP contribution is -2.01. The van der Waals surface area contributed by atoms with Gasteiger partial charge in [0, 0.05) is 17.6 Å². The van der Waals surface area contributed by atoms with E-state index in [1.807, 2.05) is 24.9 Å². The van der Waals surface area contributed by atoms with E-state index in [2.05, 4.69) is 25.8 Å². The molecule has 0 saturated carbocycles. The fourth-order valence-corrected chi connectivity index (χ4v) is 2.40. The van der Waals surface area contributed by atoms with Gasteiger partial charge in [0.2, 0.25) is 0 Å². The molecule has 0 spiro atoms. The normalized spacial score (nSPS) is 11.0. The highest BCUT2D eigenvalue weighted by Gasteiger charge is 2.06. The summed E-state index contributed by atoms with van der Waals surface area (Å²) in [6, 6.07) is 0. The number of nitrogen functional groups attached to an aromatic ring is 1. The monoisotopic (exact) mass is 224 g/mol. The van der Waals surface area contributed by atoms with Gasteiger partial charge >= 0.3 is 0 Å². The van der Waals surface area contributed by atoms with Crippen molar-refractivity contribution < 1.29 is 0 Å². The summed E-state index contributed by atoms with van der Waals surface area (Å²) in [6.45, 7) is 8.52. The highest BCUT2D eigenvalue weighted by Crippen LogP contribution is 2.22. The molecule has 1 aromatic heterocycles. The van der Waals surface area contributed by atoms with Gasteiger partial charge in [0.25, 0.3) is 0 Å². The number of hydrogen-bond acceptors (Lipinski definition) is 3. The Bertz CT molecular complexity index is 335. The number of nitrogens with two attached hydrogens (primary N) is 1. The van der Waals surface area contributed by atoms with Crippen LogP contribution in [0.3, 0.4) is 0 Å². The van der Waals surface area contributed by atoms with Crippen molar-refractivity contribution in [2.75, 3.05) is 11.5 Å². The minimum absolute atomic E-state index is 0.734. The van der Waals surface area contributed by atoms with Crippen LogP contribution in [-0.2, 0) is 5.75 Å². The van der Waals surface area contributed by atoms with Crippen molar-refractivity contribution >= 4 is 17.4 Å². The van der Waals surface area contributed by atoms with Gasteiger partial charge < -0.3 is 5.73 Å². The Morgan fingerprint density at radius 2 is 2.07 bits per heavy atom. The number of hydrogen-bond donors (Lipinski definition) is 1. The lowest BCUT2D eigenvalue weighted by atomic mass is 10.1. The van der Waals surface area contributed by atoms with E-state index in [4.69, 9.17) is 5.73 Å². The fraction of sp³-hybridized carbons (Fsp3) is 0.583. The predicted octanol–water partition coefficient (Wildman–Crippen LogP) is 3.17. The SMILES string of the molecule is Cc1cnc(CSCC(C)C)c(C)c1N. The van der Waals surface area contributed by atoms with Crippen LogP contribution in [0.1, 0.15) is 30.7 Å². The number of nitrogens with zero attached hydrogens (tertiary/aromatic N) is 1. The predicted molar refractivity (Wildman–Crippen MR) is 69.1 cm³/mol. The van der Waals surface area contributed by atoms with E-state index in [-0.39, 0.29) is 0 Å². The minimum Gasteiger partial charge on any atom is -0.398 e. The van der Waals surface area contributed by atoms with Crippen molar-refractivity contribution in [1.82, 2.24) is 4.98 Å². The van der Waals surface area contributed by atoms with Crippen LogP contribution in [0, 0.1) is 19.8 Å².